The zero-order chi connectivity index (χ0) is 21.5. The number of aromatic nitrogens is 1. The molecule has 0 saturated carbocycles. The van der Waals surface area contributed by atoms with E-state index in [-0.39, 0.29) is 0 Å². The lowest BCUT2D eigenvalue weighted by molar-refractivity contribution is 1.19. The summed E-state index contributed by atoms with van der Waals surface area (Å²) in [6.07, 6.45) is 0. The fourth-order valence-corrected chi connectivity index (χ4v) is 7.58. The molecule has 0 N–H and O–H groups in total. The molecule has 0 saturated heterocycles. The maximum absolute atomic E-state index is 2.44. The van der Waals surface area contributed by atoms with Crippen LogP contribution in [0, 0.1) is 0 Å². The summed E-state index contributed by atoms with van der Waals surface area (Å²) in [5, 5.41) is 8.01. The average Bonchev–Trinajstić information content (AvgIpc) is 3.51. The number of para-hydroxylation sites is 1. The summed E-state index contributed by atoms with van der Waals surface area (Å²) in [7, 11) is 0. The van der Waals surface area contributed by atoms with E-state index in [4.69, 9.17) is 0 Å². The number of thiophene rings is 2. The Morgan fingerprint density at radius 1 is 0.394 bits per heavy atom. The molecular weight excluding hydrogens is 438 g/mol. The maximum atomic E-state index is 2.44. The minimum atomic E-state index is 1.22. The van der Waals surface area contributed by atoms with Gasteiger partial charge in [0.25, 0.3) is 0 Å². The zero-order valence-corrected chi connectivity index (χ0v) is 19.2. The Morgan fingerprint density at radius 2 is 1.00 bits per heavy atom. The first-order valence-corrected chi connectivity index (χ1v) is 12.7. The van der Waals surface area contributed by atoms with Crippen molar-refractivity contribution in [3.63, 3.8) is 0 Å². The van der Waals surface area contributed by atoms with E-state index < -0.39 is 0 Å². The van der Waals surface area contributed by atoms with Crippen LogP contribution in [0.2, 0.25) is 0 Å². The molecule has 5 aromatic carbocycles. The predicted molar refractivity (Wildman–Crippen MR) is 147 cm³/mol. The highest BCUT2D eigenvalue weighted by Crippen LogP contribution is 2.41. The van der Waals surface area contributed by atoms with Gasteiger partial charge in [-0.2, -0.15) is 0 Å². The van der Waals surface area contributed by atoms with E-state index in [0.717, 1.165) is 0 Å². The molecule has 0 aliphatic rings. The van der Waals surface area contributed by atoms with Gasteiger partial charge in [0.1, 0.15) is 0 Å². The summed E-state index contributed by atoms with van der Waals surface area (Å²) in [4.78, 5) is 0. The van der Waals surface area contributed by atoms with Gasteiger partial charge in [-0.1, -0.05) is 60.7 Å². The maximum Gasteiger partial charge on any atom is 0.0555 e. The van der Waals surface area contributed by atoms with Crippen molar-refractivity contribution in [2.45, 2.75) is 0 Å². The van der Waals surface area contributed by atoms with Crippen LogP contribution >= 0.6 is 22.7 Å². The molecule has 0 fully saturated rings. The molecule has 0 aliphatic carbocycles. The molecule has 0 amide bonds. The molecule has 8 aromatic rings. The van der Waals surface area contributed by atoms with Gasteiger partial charge in [0, 0.05) is 56.8 Å². The first-order valence-electron chi connectivity index (χ1n) is 11.1. The number of benzene rings is 5. The Kier molecular flexibility index (Phi) is 3.48. The molecule has 0 radical (unpaired) electrons. The Balaban J connectivity index is 1.50. The van der Waals surface area contributed by atoms with Crippen molar-refractivity contribution in [2.75, 3.05) is 0 Å². The van der Waals surface area contributed by atoms with Crippen LogP contribution in [-0.2, 0) is 0 Å². The lowest BCUT2D eigenvalue weighted by Crippen LogP contribution is -1.93. The van der Waals surface area contributed by atoms with Crippen LogP contribution in [0.5, 0.6) is 0 Å². The van der Waals surface area contributed by atoms with Crippen molar-refractivity contribution in [3.05, 3.63) is 103 Å². The quantitative estimate of drug-likeness (QED) is 0.232. The largest absolute Gasteiger partial charge is 0.309 e. The normalized spacial score (nSPS) is 12.2. The van der Waals surface area contributed by atoms with Crippen LogP contribution in [0.1, 0.15) is 0 Å². The van der Waals surface area contributed by atoms with E-state index in [2.05, 4.69) is 108 Å². The molecule has 3 aromatic heterocycles. The van der Waals surface area contributed by atoms with Crippen LogP contribution in [0.25, 0.3) is 67.8 Å². The standard InChI is InChI=1S/C30H17NS2/c1-4-10-25-19(7-1)23-16-24-21-9-3-6-12-28(21)33-30(24)17-26(23)31(25)18-13-14-22-20-8-2-5-11-27(20)32-29(22)15-18/h1-17H. The van der Waals surface area contributed by atoms with Gasteiger partial charge in [-0.3, -0.25) is 0 Å². The lowest BCUT2D eigenvalue weighted by Gasteiger charge is -2.08. The van der Waals surface area contributed by atoms with E-state index >= 15 is 0 Å². The predicted octanol–water partition coefficient (Wildman–Crippen LogP) is 9.52. The summed E-state index contributed by atoms with van der Waals surface area (Å²) in [6, 6.07) is 38.0. The first-order chi connectivity index (χ1) is 16.3. The third-order valence-electron chi connectivity index (χ3n) is 6.79. The van der Waals surface area contributed by atoms with Crippen molar-refractivity contribution in [1.82, 2.24) is 4.57 Å². The number of fused-ring (bicyclic) bond motifs is 9. The number of rotatable bonds is 1. The van der Waals surface area contributed by atoms with Gasteiger partial charge in [-0.25, -0.2) is 0 Å². The molecule has 0 bridgehead atoms. The molecule has 0 aliphatic heterocycles. The van der Waals surface area contributed by atoms with Crippen molar-refractivity contribution in [3.8, 4) is 5.69 Å². The summed E-state index contributed by atoms with van der Waals surface area (Å²) in [5.74, 6) is 0. The van der Waals surface area contributed by atoms with E-state index in [1.807, 2.05) is 22.7 Å². The average molecular weight is 456 g/mol. The Hall–Kier alpha value is -3.66. The van der Waals surface area contributed by atoms with Gasteiger partial charge in [-0.15, -0.1) is 22.7 Å². The molecule has 1 nitrogen and oxygen atoms in total. The fraction of sp³-hybridized carbons (Fsp3) is 0. The van der Waals surface area contributed by atoms with E-state index in [1.165, 1.54) is 67.8 Å². The molecule has 8 rings (SSSR count). The molecule has 3 heteroatoms. The molecule has 0 unspecified atom stereocenters. The minimum absolute atomic E-state index is 1.22. The fourth-order valence-electron chi connectivity index (χ4n) is 5.32. The van der Waals surface area contributed by atoms with Crippen molar-refractivity contribution in [2.24, 2.45) is 0 Å². The summed E-state index contributed by atoms with van der Waals surface area (Å²) in [5.41, 5.74) is 3.76. The van der Waals surface area contributed by atoms with Gasteiger partial charge in [0.05, 0.1) is 11.0 Å². The smallest absolute Gasteiger partial charge is 0.0555 e. The Labute approximate surface area is 197 Å². The number of nitrogens with zero attached hydrogens (tertiary/aromatic N) is 1. The molecule has 0 spiro atoms. The van der Waals surface area contributed by atoms with Gasteiger partial charge in [0.15, 0.2) is 0 Å². The molecule has 0 atom stereocenters. The summed E-state index contributed by atoms with van der Waals surface area (Å²) >= 11 is 3.76. The monoisotopic (exact) mass is 455 g/mol. The van der Waals surface area contributed by atoms with Crippen LogP contribution in [0.3, 0.4) is 0 Å². The first kappa shape index (κ1) is 17.8. The van der Waals surface area contributed by atoms with Gasteiger partial charge in [0.2, 0.25) is 0 Å². The highest BCUT2D eigenvalue weighted by molar-refractivity contribution is 7.26. The minimum Gasteiger partial charge on any atom is -0.309 e. The molecule has 33 heavy (non-hydrogen) atoms. The summed E-state index contributed by atoms with van der Waals surface area (Å²) in [6.45, 7) is 0. The summed E-state index contributed by atoms with van der Waals surface area (Å²) < 4.78 is 7.82. The van der Waals surface area contributed by atoms with E-state index in [9.17, 15) is 0 Å². The van der Waals surface area contributed by atoms with Crippen molar-refractivity contribution >= 4 is 84.8 Å². The highest BCUT2D eigenvalue weighted by Gasteiger charge is 2.16. The van der Waals surface area contributed by atoms with E-state index in [1.54, 1.807) is 0 Å². The lowest BCUT2D eigenvalue weighted by atomic mass is 10.1. The van der Waals surface area contributed by atoms with Crippen LogP contribution < -0.4 is 0 Å². The van der Waals surface area contributed by atoms with Crippen LogP contribution in [0.4, 0.5) is 0 Å². The second-order valence-corrected chi connectivity index (χ2v) is 10.8. The van der Waals surface area contributed by atoms with E-state index in [0.29, 0.717) is 0 Å². The number of hydrogen-bond donors (Lipinski definition) is 0. The molecule has 3 heterocycles. The van der Waals surface area contributed by atoms with Crippen molar-refractivity contribution in [1.29, 1.82) is 0 Å². The zero-order valence-electron chi connectivity index (χ0n) is 17.6. The van der Waals surface area contributed by atoms with Crippen molar-refractivity contribution < 1.29 is 0 Å². The van der Waals surface area contributed by atoms with Gasteiger partial charge < -0.3 is 4.57 Å². The van der Waals surface area contributed by atoms with Gasteiger partial charge >= 0.3 is 0 Å². The molecule has 154 valence electrons. The SMILES string of the molecule is c1ccc2c(c1)sc1cc(-n3c4ccccc4c4cc5c(cc43)sc3ccccc35)ccc12. The number of hydrogen-bond acceptors (Lipinski definition) is 2. The van der Waals surface area contributed by atoms with Crippen LogP contribution in [0.15, 0.2) is 103 Å². The van der Waals surface area contributed by atoms with Gasteiger partial charge in [-0.05, 0) is 42.5 Å². The third-order valence-corrected chi connectivity index (χ3v) is 9.06. The topological polar surface area (TPSA) is 4.93 Å². The Morgan fingerprint density at radius 3 is 1.79 bits per heavy atom. The van der Waals surface area contributed by atoms with Crippen LogP contribution in [-0.4, -0.2) is 4.57 Å². The third kappa shape index (κ3) is 2.41. The molecular formula is C30H17NS2. The highest BCUT2D eigenvalue weighted by atomic mass is 32.1. The second kappa shape index (κ2) is 6.44. The Bertz CT molecular complexity index is 2030. The second-order valence-electron chi connectivity index (χ2n) is 8.59.